The van der Waals surface area contributed by atoms with Gasteiger partial charge in [-0.1, -0.05) is 20.8 Å². The summed E-state index contributed by atoms with van der Waals surface area (Å²) >= 11 is 0. The molecule has 1 aliphatic rings. The van der Waals surface area contributed by atoms with E-state index in [0.717, 1.165) is 6.42 Å². The second kappa shape index (κ2) is 4.31. The number of amides is 2. The van der Waals surface area contributed by atoms with Crippen LogP contribution in [0, 0.1) is 5.41 Å². The van der Waals surface area contributed by atoms with Gasteiger partial charge < -0.3 is 14.9 Å². The molecule has 1 unspecified atom stereocenters. The van der Waals surface area contributed by atoms with E-state index >= 15 is 0 Å². The van der Waals surface area contributed by atoms with Crippen LogP contribution in [0.25, 0.3) is 0 Å². The number of aliphatic carboxylic acids is 1. The van der Waals surface area contributed by atoms with Gasteiger partial charge in [-0.3, -0.25) is 0 Å². The fraction of sp³-hybridized carbons (Fsp3) is 0.818. The highest BCUT2D eigenvalue weighted by Gasteiger charge is 2.41. The van der Waals surface area contributed by atoms with Crippen LogP contribution < -0.4 is 0 Å². The van der Waals surface area contributed by atoms with Gasteiger partial charge in [0.25, 0.3) is 0 Å². The predicted octanol–water partition coefficient (Wildman–Crippen LogP) is 1.24. The van der Waals surface area contributed by atoms with Gasteiger partial charge in [-0.15, -0.1) is 0 Å². The van der Waals surface area contributed by atoms with Crippen LogP contribution in [0.1, 0.15) is 27.2 Å². The van der Waals surface area contributed by atoms with E-state index in [-0.39, 0.29) is 6.03 Å². The monoisotopic (exact) mass is 228 g/mol. The summed E-state index contributed by atoms with van der Waals surface area (Å²) in [7, 11) is 1.70. The van der Waals surface area contributed by atoms with E-state index in [1.54, 1.807) is 11.9 Å². The molecule has 1 saturated heterocycles. The third kappa shape index (κ3) is 2.46. The van der Waals surface area contributed by atoms with E-state index in [2.05, 4.69) is 0 Å². The maximum Gasteiger partial charge on any atom is 0.327 e. The van der Waals surface area contributed by atoms with Crippen molar-refractivity contribution >= 4 is 12.0 Å². The highest BCUT2D eigenvalue weighted by Crippen LogP contribution is 2.27. The van der Waals surface area contributed by atoms with Crippen molar-refractivity contribution in [2.45, 2.75) is 33.2 Å². The molecule has 0 aromatic heterocycles. The minimum absolute atomic E-state index is 0.187. The first-order chi connectivity index (χ1) is 7.25. The van der Waals surface area contributed by atoms with E-state index in [1.165, 1.54) is 4.90 Å². The molecule has 0 saturated carbocycles. The van der Waals surface area contributed by atoms with Crippen LogP contribution in [-0.4, -0.2) is 53.1 Å². The normalized spacial score (nSPS) is 19.9. The highest BCUT2D eigenvalue weighted by molar-refractivity contribution is 5.83. The molecule has 0 aliphatic carbocycles. The molecule has 92 valence electrons. The van der Waals surface area contributed by atoms with Gasteiger partial charge in [0, 0.05) is 20.1 Å². The van der Waals surface area contributed by atoms with E-state index in [1.807, 2.05) is 20.8 Å². The van der Waals surface area contributed by atoms with Crippen molar-refractivity contribution in [1.82, 2.24) is 9.80 Å². The molecule has 1 aliphatic heterocycles. The summed E-state index contributed by atoms with van der Waals surface area (Å²) < 4.78 is 0. The minimum Gasteiger partial charge on any atom is -0.480 e. The summed E-state index contributed by atoms with van der Waals surface area (Å²) in [6.45, 7) is 6.75. The maximum absolute atomic E-state index is 11.9. The maximum atomic E-state index is 11.9. The summed E-state index contributed by atoms with van der Waals surface area (Å²) in [6, 6.07) is -0.948. The quantitative estimate of drug-likeness (QED) is 0.773. The topological polar surface area (TPSA) is 60.9 Å². The molecule has 5 heteroatoms. The van der Waals surface area contributed by atoms with Crippen LogP contribution in [0.15, 0.2) is 0 Å². The first-order valence-corrected chi connectivity index (χ1v) is 5.49. The Morgan fingerprint density at radius 2 is 1.94 bits per heavy atom. The van der Waals surface area contributed by atoms with Crippen molar-refractivity contribution in [3.63, 3.8) is 0 Å². The molecule has 1 rings (SSSR count). The molecule has 1 N–H and O–H groups in total. The smallest absolute Gasteiger partial charge is 0.327 e. The fourth-order valence-electron chi connectivity index (χ4n) is 2.10. The van der Waals surface area contributed by atoms with Crippen molar-refractivity contribution in [2.75, 3.05) is 20.1 Å². The molecule has 0 aromatic carbocycles. The summed E-state index contributed by atoms with van der Waals surface area (Å²) in [5.41, 5.74) is -0.459. The van der Waals surface area contributed by atoms with Crippen molar-refractivity contribution in [2.24, 2.45) is 5.41 Å². The molecule has 2 amide bonds. The van der Waals surface area contributed by atoms with Crippen molar-refractivity contribution in [1.29, 1.82) is 0 Å². The van der Waals surface area contributed by atoms with E-state index in [0.29, 0.717) is 13.1 Å². The SMILES string of the molecule is CN1CCCN(C(C(=O)O)C(C)(C)C)C1=O. The molecule has 1 heterocycles. The number of hydrogen-bond acceptors (Lipinski definition) is 2. The van der Waals surface area contributed by atoms with Crippen LogP contribution in [0.4, 0.5) is 4.79 Å². The average Bonchev–Trinajstić information content (AvgIpc) is 2.09. The zero-order valence-corrected chi connectivity index (χ0v) is 10.4. The zero-order valence-electron chi connectivity index (χ0n) is 10.4. The summed E-state index contributed by atoms with van der Waals surface area (Å²) in [5.74, 6) is -0.934. The van der Waals surface area contributed by atoms with Crippen molar-refractivity contribution in [3.8, 4) is 0 Å². The number of hydrogen-bond donors (Lipinski definition) is 1. The lowest BCUT2D eigenvalue weighted by atomic mass is 9.85. The van der Waals surface area contributed by atoms with Crippen molar-refractivity contribution < 1.29 is 14.7 Å². The average molecular weight is 228 g/mol. The molecular weight excluding hydrogens is 208 g/mol. The van der Waals surface area contributed by atoms with Gasteiger partial charge in [-0.05, 0) is 11.8 Å². The standard InChI is InChI=1S/C11H20N2O3/c1-11(2,3)8(9(14)15)13-7-5-6-12(4)10(13)16/h8H,5-7H2,1-4H3,(H,14,15). The third-order valence-corrected chi connectivity index (χ3v) is 2.83. The molecule has 5 nitrogen and oxygen atoms in total. The Morgan fingerprint density at radius 1 is 1.38 bits per heavy atom. The lowest BCUT2D eigenvalue weighted by molar-refractivity contribution is -0.146. The molecule has 0 aromatic rings. The van der Waals surface area contributed by atoms with Crippen LogP contribution in [0.2, 0.25) is 0 Å². The van der Waals surface area contributed by atoms with E-state index < -0.39 is 17.4 Å². The molecular formula is C11H20N2O3. The number of carbonyl (C=O) groups excluding carboxylic acids is 1. The van der Waals surface area contributed by atoms with Gasteiger partial charge >= 0.3 is 12.0 Å². The lowest BCUT2D eigenvalue weighted by Crippen LogP contribution is -2.58. The van der Waals surface area contributed by atoms with Gasteiger partial charge in [0.15, 0.2) is 0 Å². The molecule has 0 bridgehead atoms. The van der Waals surface area contributed by atoms with Crippen molar-refractivity contribution in [3.05, 3.63) is 0 Å². The molecule has 1 atom stereocenters. The van der Waals surface area contributed by atoms with Gasteiger partial charge in [-0.2, -0.15) is 0 Å². The molecule has 0 radical (unpaired) electrons. The number of rotatable bonds is 2. The van der Waals surface area contributed by atoms with Gasteiger partial charge in [0.2, 0.25) is 0 Å². The lowest BCUT2D eigenvalue weighted by Gasteiger charge is -2.41. The van der Waals surface area contributed by atoms with Crippen LogP contribution in [0.5, 0.6) is 0 Å². The van der Waals surface area contributed by atoms with E-state index in [9.17, 15) is 14.7 Å². The number of nitrogens with zero attached hydrogens (tertiary/aromatic N) is 2. The second-order valence-corrected chi connectivity index (χ2v) is 5.36. The Hall–Kier alpha value is -1.26. The van der Waals surface area contributed by atoms with Crippen LogP contribution >= 0.6 is 0 Å². The van der Waals surface area contributed by atoms with E-state index in [4.69, 9.17) is 0 Å². The van der Waals surface area contributed by atoms with Gasteiger partial charge in [-0.25, -0.2) is 9.59 Å². The van der Waals surface area contributed by atoms with Gasteiger partial charge in [0.05, 0.1) is 0 Å². The fourth-order valence-corrected chi connectivity index (χ4v) is 2.10. The Balaban J connectivity index is 2.95. The number of carboxylic acids is 1. The Morgan fingerprint density at radius 3 is 2.38 bits per heavy atom. The third-order valence-electron chi connectivity index (χ3n) is 2.83. The molecule has 16 heavy (non-hydrogen) atoms. The second-order valence-electron chi connectivity index (χ2n) is 5.36. The summed E-state index contributed by atoms with van der Waals surface area (Å²) in [4.78, 5) is 26.2. The minimum atomic E-state index is -0.934. The Kier molecular flexibility index (Phi) is 3.45. The largest absolute Gasteiger partial charge is 0.480 e. The number of urea groups is 1. The number of carboxylic acid groups (broad SMARTS) is 1. The Bertz CT molecular complexity index is 296. The Labute approximate surface area is 96.0 Å². The van der Waals surface area contributed by atoms with Gasteiger partial charge in [0.1, 0.15) is 6.04 Å². The first-order valence-electron chi connectivity index (χ1n) is 5.49. The van der Waals surface area contributed by atoms with Crippen LogP contribution in [-0.2, 0) is 4.79 Å². The summed E-state index contributed by atoms with van der Waals surface area (Å²) in [6.07, 6.45) is 0.822. The summed E-state index contributed by atoms with van der Waals surface area (Å²) in [5, 5.41) is 9.25. The molecule has 1 fully saturated rings. The predicted molar refractivity (Wildman–Crippen MR) is 60.2 cm³/mol. The zero-order chi connectivity index (χ0) is 12.5. The molecule has 0 spiro atoms. The highest BCUT2D eigenvalue weighted by atomic mass is 16.4. The van der Waals surface area contributed by atoms with Crippen LogP contribution in [0.3, 0.4) is 0 Å². The first kappa shape index (κ1) is 12.8. The number of carbonyl (C=O) groups is 2.